The Morgan fingerprint density at radius 3 is 3.00 bits per heavy atom. The van der Waals surface area contributed by atoms with E-state index in [4.69, 9.17) is 22.1 Å². The van der Waals surface area contributed by atoms with Gasteiger partial charge in [0.2, 0.25) is 0 Å². The smallest absolute Gasteiger partial charge is 0.337 e. The molecule has 1 atom stereocenters. The molecule has 1 saturated heterocycles. The van der Waals surface area contributed by atoms with Crippen LogP contribution in [0.15, 0.2) is 18.2 Å². The molecule has 4 nitrogen and oxygen atoms in total. The summed E-state index contributed by atoms with van der Waals surface area (Å²) in [4.78, 5) is 13.7. The zero-order valence-electron chi connectivity index (χ0n) is 10.4. The van der Waals surface area contributed by atoms with Crippen LogP contribution >= 0.6 is 11.6 Å². The highest BCUT2D eigenvalue weighted by molar-refractivity contribution is 6.31. The molecule has 0 bridgehead atoms. The summed E-state index contributed by atoms with van der Waals surface area (Å²) < 4.78 is 4.70. The molecule has 1 fully saturated rings. The highest BCUT2D eigenvalue weighted by Crippen LogP contribution is 2.21. The molecular formula is C13H17ClN2O2. The van der Waals surface area contributed by atoms with Crippen molar-refractivity contribution >= 4 is 17.6 Å². The van der Waals surface area contributed by atoms with Crippen LogP contribution in [0, 0.1) is 0 Å². The highest BCUT2D eigenvalue weighted by atomic mass is 35.5. The maximum atomic E-state index is 11.5. The second-order valence-corrected chi connectivity index (χ2v) is 4.99. The first-order valence-corrected chi connectivity index (χ1v) is 6.32. The van der Waals surface area contributed by atoms with E-state index in [9.17, 15) is 4.79 Å². The lowest BCUT2D eigenvalue weighted by molar-refractivity contribution is 0.0600. The molecule has 1 aromatic rings. The van der Waals surface area contributed by atoms with Gasteiger partial charge in [-0.2, -0.15) is 0 Å². The second kappa shape index (κ2) is 5.69. The van der Waals surface area contributed by atoms with Crippen LogP contribution in [0.3, 0.4) is 0 Å². The first kappa shape index (κ1) is 13.3. The fourth-order valence-electron chi connectivity index (χ4n) is 2.19. The van der Waals surface area contributed by atoms with Crippen LogP contribution in [0.1, 0.15) is 22.3 Å². The summed E-state index contributed by atoms with van der Waals surface area (Å²) in [6.07, 6.45) is 1.01. The van der Waals surface area contributed by atoms with Crippen LogP contribution in [0.25, 0.3) is 0 Å². The van der Waals surface area contributed by atoms with E-state index in [0.717, 1.165) is 31.6 Å². The number of nitrogens with two attached hydrogens (primary N) is 1. The third-order valence-corrected chi connectivity index (χ3v) is 3.54. The Hall–Kier alpha value is -1.10. The van der Waals surface area contributed by atoms with Crippen LogP contribution in [0.2, 0.25) is 5.02 Å². The lowest BCUT2D eigenvalue weighted by Gasteiger charge is -2.16. The van der Waals surface area contributed by atoms with Gasteiger partial charge >= 0.3 is 5.97 Å². The van der Waals surface area contributed by atoms with Crippen molar-refractivity contribution in [2.45, 2.75) is 19.0 Å². The van der Waals surface area contributed by atoms with Gasteiger partial charge in [0.15, 0.2) is 0 Å². The van der Waals surface area contributed by atoms with Crippen molar-refractivity contribution in [3.05, 3.63) is 34.3 Å². The topological polar surface area (TPSA) is 55.6 Å². The maximum absolute atomic E-state index is 11.5. The van der Waals surface area contributed by atoms with Crippen LogP contribution < -0.4 is 5.73 Å². The molecule has 18 heavy (non-hydrogen) atoms. The lowest BCUT2D eigenvalue weighted by atomic mass is 10.1. The second-order valence-electron chi connectivity index (χ2n) is 4.58. The number of hydrogen-bond acceptors (Lipinski definition) is 4. The number of carbonyl (C=O) groups excluding carboxylic acids is 1. The molecule has 0 aliphatic carbocycles. The van der Waals surface area contributed by atoms with Crippen molar-refractivity contribution in [1.29, 1.82) is 0 Å². The van der Waals surface area contributed by atoms with E-state index in [-0.39, 0.29) is 12.0 Å². The Labute approximate surface area is 112 Å². The minimum absolute atomic E-state index is 0.243. The van der Waals surface area contributed by atoms with Gasteiger partial charge in [-0.25, -0.2) is 4.79 Å². The molecule has 0 amide bonds. The molecule has 1 unspecified atom stereocenters. The fourth-order valence-corrected chi connectivity index (χ4v) is 2.37. The summed E-state index contributed by atoms with van der Waals surface area (Å²) in [6, 6.07) is 5.44. The Kier molecular flexibility index (Phi) is 4.22. The Bertz CT molecular complexity index is 451. The van der Waals surface area contributed by atoms with E-state index in [1.54, 1.807) is 18.2 Å². The molecule has 98 valence electrons. The first-order valence-electron chi connectivity index (χ1n) is 5.95. The van der Waals surface area contributed by atoms with E-state index < -0.39 is 0 Å². The fraction of sp³-hybridized carbons (Fsp3) is 0.462. The number of likely N-dealkylation sites (tertiary alicyclic amines) is 1. The molecule has 0 aromatic heterocycles. The summed E-state index contributed by atoms with van der Waals surface area (Å²) in [5, 5.41) is 0.670. The van der Waals surface area contributed by atoms with Crippen LogP contribution in [0.4, 0.5) is 0 Å². The quantitative estimate of drug-likeness (QED) is 0.847. The highest BCUT2D eigenvalue weighted by Gasteiger charge is 2.20. The molecule has 5 heteroatoms. The van der Waals surface area contributed by atoms with Crippen LogP contribution in [-0.4, -0.2) is 37.1 Å². The Morgan fingerprint density at radius 1 is 1.61 bits per heavy atom. The summed E-state index contributed by atoms with van der Waals surface area (Å²) >= 11 is 6.15. The molecule has 1 aliphatic rings. The van der Waals surface area contributed by atoms with Crippen LogP contribution in [-0.2, 0) is 11.3 Å². The van der Waals surface area contributed by atoms with Gasteiger partial charge in [-0.1, -0.05) is 11.6 Å². The Morgan fingerprint density at radius 2 is 2.39 bits per heavy atom. The molecule has 1 aliphatic heterocycles. The lowest BCUT2D eigenvalue weighted by Crippen LogP contribution is -2.26. The van der Waals surface area contributed by atoms with E-state index >= 15 is 0 Å². The molecule has 0 radical (unpaired) electrons. The van der Waals surface area contributed by atoms with Gasteiger partial charge in [0, 0.05) is 30.7 Å². The molecule has 2 rings (SSSR count). The maximum Gasteiger partial charge on any atom is 0.337 e. The predicted molar refractivity (Wildman–Crippen MR) is 70.7 cm³/mol. The third kappa shape index (κ3) is 3.02. The average Bonchev–Trinajstić information content (AvgIpc) is 2.76. The summed E-state index contributed by atoms with van der Waals surface area (Å²) in [6.45, 7) is 2.57. The van der Waals surface area contributed by atoms with Crippen molar-refractivity contribution in [2.24, 2.45) is 5.73 Å². The van der Waals surface area contributed by atoms with Gasteiger partial charge in [-0.15, -0.1) is 0 Å². The first-order chi connectivity index (χ1) is 8.60. The van der Waals surface area contributed by atoms with Crippen molar-refractivity contribution in [1.82, 2.24) is 4.90 Å². The molecule has 1 heterocycles. The number of rotatable bonds is 3. The van der Waals surface area contributed by atoms with Crippen molar-refractivity contribution in [2.75, 3.05) is 20.2 Å². The molecule has 1 aromatic carbocycles. The number of benzene rings is 1. The Balaban J connectivity index is 2.13. The number of esters is 1. The van der Waals surface area contributed by atoms with Crippen molar-refractivity contribution in [3.63, 3.8) is 0 Å². The molecular weight excluding hydrogens is 252 g/mol. The van der Waals surface area contributed by atoms with E-state index in [2.05, 4.69) is 4.90 Å². The summed E-state index contributed by atoms with van der Waals surface area (Å²) in [5.74, 6) is -0.342. The number of methoxy groups -OCH3 is 1. The van der Waals surface area contributed by atoms with Gasteiger partial charge in [-0.3, -0.25) is 4.90 Å². The van der Waals surface area contributed by atoms with Gasteiger partial charge in [0.1, 0.15) is 0 Å². The number of ether oxygens (including phenoxy) is 1. The monoisotopic (exact) mass is 268 g/mol. The SMILES string of the molecule is COC(=O)c1ccc(Cl)c(CN2CCC(N)C2)c1. The van der Waals surface area contributed by atoms with Crippen LogP contribution in [0.5, 0.6) is 0 Å². The van der Waals surface area contributed by atoms with Crippen molar-refractivity contribution in [3.8, 4) is 0 Å². The molecule has 0 spiro atoms. The predicted octanol–water partition coefficient (Wildman–Crippen LogP) is 1.66. The zero-order valence-corrected chi connectivity index (χ0v) is 11.1. The molecule has 0 saturated carbocycles. The number of nitrogens with zero attached hydrogens (tertiary/aromatic N) is 1. The van der Waals surface area contributed by atoms with Gasteiger partial charge in [0.05, 0.1) is 12.7 Å². The standard InChI is InChI=1S/C13H17ClN2O2/c1-18-13(17)9-2-3-12(14)10(6-9)7-16-5-4-11(15)8-16/h2-3,6,11H,4-5,7-8,15H2,1H3. The van der Waals surface area contributed by atoms with Gasteiger partial charge < -0.3 is 10.5 Å². The van der Waals surface area contributed by atoms with E-state index in [1.165, 1.54) is 7.11 Å². The minimum Gasteiger partial charge on any atom is -0.465 e. The summed E-state index contributed by atoms with van der Waals surface area (Å²) in [7, 11) is 1.37. The average molecular weight is 269 g/mol. The van der Waals surface area contributed by atoms with Gasteiger partial charge in [0.25, 0.3) is 0 Å². The normalized spacial score (nSPS) is 20.1. The zero-order chi connectivity index (χ0) is 13.1. The number of hydrogen-bond donors (Lipinski definition) is 1. The third-order valence-electron chi connectivity index (χ3n) is 3.17. The number of halogens is 1. The summed E-state index contributed by atoms with van der Waals surface area (Å²) in [5.41, 5.74) is 7.33. The van der Waals surface area contributed by atoms with E-state index in [0.29, 0.717) is 10.6 Å². The van der Waals surface area contributed by atoms with Crippen molar-refractivity contribution < 1.29 is 9.53 Å². The largest absolute Gasteiger partial charge is 0.465 e. The van der Waals surface area contributed by atoms with E-state index in [1.807, 2.05) is 0 Å². The minimum atomic E-state index is -0.342. The number of carbonyl (C=O) groups is 1. The van der Waals surface area contributed by atoms with Gasteiger partial charge in [-0.05, 0) is 30.2 Å². The molecule has 2 N–H and O–H groups in total.